The zero-order valence-corrected chi connectivity index (χ0v) is 31.7. The van der Waals surface area contributed by atoms with Crippen LogP contribution in [0, 0.1) is 0 Å². The lowest BCUT2D eigenvalue weighted by Crippen LogP contribution is -2.00. The lowest BCUT2D eigenvalue weighted by Gasteiger charge is -2.12. The highest BCUT2D eigenvalue weighted by atomic mass is 32.1. The minimum Gasteiger partial charge on any atom is -0.299 e. The number of fused-ring (bicyclic) bond motifs is 11. The van der Waals surface area contributed by atoms with Gasteiger partial charge >= 0.3 is 0 Å². The van der Waals surface area contributed by atoms with Crippen LogP contribution in [0.2, 0.25) is 0 Å². The van der Waals surface area contributed by atoms with Crippen LogP contribution in [0.25, 0.3) is 115 Å². The Morgan fingerprint density at radius 2 is 1.00 bits per heavy atom. The summed E-state index contributed by atoms with van der Waals surface area (Å²) in [5.74, 6) is 1.92. The summed E-state index contributed by atoms with van der Waals surface area (Å²) in [5, 5.41) is 7.04. The SMILES string of the molecule is c1ccc(-c2nc(-c3ccc(-c4ccc5c(c4)c4cc(-c6ccccn6)ccc4c4nc6ccccn6c54)cc3)nc(-c3ccc4sc5ccccc5c4c3)n2)cc1. The van der Waals surface area contributed by atoms with Crippen LogP contribution in [0.4, 0.5) is 0 Å². The van der Waals surface area contributed by atoms with Gasteiger partial charge in [-0.1, -0.05) is 109 Å². The van der Waals surface area contributed by atoms with Crippen molar-refractivity contribution in [2.75, 3.05) is 0 Å². The molecule has 0 amide bonds. The van der Waals surface area contributed by atoms with Crippen LogP contribution in [0.5, 0.6) is 0 Å². The molecule has 0 unspecified atom stereocenters. The van der Waals surface area contributed by atoms with Crippen molar-refractivity contribution in [3.05, 3.63) is 182 Å². The molecule has 12 rings (SSSR count). The number of nitrogens with zero attached hydrogens (tertiary/aromatic N) is 6. The van der Waals surface area contributed by atoms with E-state index in [0.717, 1.165) is 77.3 Å². The quantitative estimate of drug-likeness (QED) is 0.164. The highest BCUT2D eigenvalue weighted by Crippen LogP contribution is 2.40. The number of imidazole rings is 1. The maximum absolute atomic E-state index is 5.12. The zero-order valence-electron chi connectivity index (χ0n) is 30.9. The molecule has 0 saturated carbocycles. The fourth-order valence-electron chi connectivity index (χ4n) is 8.29. The Balaban J connectivity index is 0.993. The van der Waals surface area contributed by atoms with E-state index in [0.29, 0.717) is 17.5 Å². The number of rotatable bonds is 5. The number of thiophene rings is 1. The van der Waals surface area contributed by atoms with Gasteiger partial charge < -0.3 is 0 Å². The lowest BCUT2D eigenvalue weighted by molar-refractivity contribution is 1.07. The molecule has 0 fully saturated rings. The summed E-state index contributed by atoms with van der Waals surface area (Å²) >= 11 is 1.81. The average Bonchev–Trinajstić information content (AvgIpc) is 3.88. The van der Waals surface area contributed by atoms with Gasteiger partial charge in [-0.05, 0) is 82.6 Å². The van der Waals surface area contributed by atoms with Crippen molar-refractivity contribution < 1.29 is 0 Å². The Labute approximate surface area is 336 Å². The van der Waals surface area contributed by atoms with E-state index in [-0.39, 0.29) is 0 Å². The summed E-state index contributed by atoms with van der Waals surface area (Å²) in [7, 11) is 0. The van der Waals surface area contributed by atoms with E-state index in [9.17, 15) is 0 Å². The molecular weight excluding hydrogens is 729 g/mol. The largest absolute Gasteiger partial charge is 0.299 e. The third-order valence-corrected chi connectivity index (χ3v) is 12.3. The molecule has 7 aromatic carbocycles. The molecule has 0 atom stereocenters. The van der Waals surface area contributed by atoms with Gasteiger partial charge in [-0.25, -0.2) is 19.9 Å². The molecular formula is C51H30N6S. The van der Waals surface area contributed by atoms with Crippen molar-refractivity contribution >= 4 is 69.7 Å². The van der Waals surface area contributed by atoms with Gasteiger partial charge in [0, 0.05) is 65.6 Å². The maximum Gasteiger partial charge on any atom is 0.164 e. The molecule has 0 radical (unpaired) electrons. The average molecular weight is 759 g/mol. The monoisotopic (exact) mass is 758 g/mol. The fourth-order valence-corrected chi connectivity index (χ4v) is 9.37. The van der Waals surface area contributed by atoms with E-state index in [1.807, 2.05) is 66.1 Å². The van der Waals surface area contributed by atoms with Crippen molar-refractivity contribution in [2.24, 2.45) is 0 Å². The maximum atomic E-state index is 5.12. The standard InChI is InChI=1S/C51H30N6S/c1-2-10-32(11-3-1)49-54-50(56-51(55-49)36-22-25-45-42(30-36)37-12-4-5-14-44(37)58-45)33-18-16-31(17-19-33)34-20-24-39-41(28-34)40-29-35(43-13-6-8-26-52-43)21-23-38(40)47-48(39)57-27-9-7-15-46(57)53-47/h1-30H. The van der Waals surface area contributed by atoms with E-state index in [1.165, 1.54) is 20.2 Å². The van der Waals surface area contributed by atoms with Gasteiger partial charge in [0.05, 0.1) is 16.7 Å². The Hall–Kier alpha value is -7.61. The molecule has 6 nitrogen and oxygen atoms in total. The molecule has 0 aliphatic heterocycles. The molecule has 0 bridgehead atoms. The Morgan fingerprint density at radius 3 is 1.84 bits per heavy atom. The molecule has 0 saturated heterocycles. The first-order valence-corrected chi connectivity index (χ1v) is 20.1. The molecule has 0 spiro atoms. The number of benzene rings is 7. The molecule has 12 aromatic rings. The summed E-state index contributed by atoms with van der Waals surface area (Å²) in [6, 6.07) is 59.4. The minimum atomic E-state index is 0.632. The van der Waals surface area contributed by atoms with Gasteiger partial charge in [0.15, 0.2) is 17.5 Å². The molecule has 5 aromatic heterocycles. The molecule has 0 aliphatic carbocycles. The van der Waals surface area contributed by atoms with Gasteiger partial charge in [-0.3, -0.25) is 9.38 Å². The zero-order chi connectivity index (χ0) is 38.2. The number of hydrogen-bond acceptors (Lipinski definition) is 6. The van der Waals surface area contributed by atoms with Crippen LogP contribution < -0.4 is 0 Å². The van der Waals surface area contributed by atoms with Gasteiger partial charge in [0.25, 0.3) is 0 Å². The van der Waals surface area contributed by atoms with Crippen LogP contribution >= 0.6 is 11.3 Å². The molecule has 0 N–H and O–H groups in total. The van der Waals surface area contributed by atoms with E-state index < -0.39 is 0 Å². The third-order valence-electron chi connectivity index (χ3n) is 11.1. The molecule has 5 heterocycles. The van der Waals surface area contributed by atoms with Gasteiger partial charge in [-0.15, -0.1) is 11.3 Å². The highest BCUT2D eigenvalue weighted by Gasteiger charge is 2.18. The molecule has 0 aliphatic rings. The normalized spacial score (nSPS) is 11.8. The first-order chi connectivity index (χ1) is 28.7. The first kappa shape index (κ1) is 32.6. The van der Waals surface area contributed by atoms with Crippen molar-refractivity contribution in [3.8, 4) is 56.5 Å². The van der Waals surface area contributed by atoms with Crippen LogP contribution in [0.1, 0.15) is 0 Å². The summed E-state index contributed by atoms with van der Waals surface area (Å²) in [5.41, 5.74) is 10.1. The second-order valence-corrected chi connectivity index (χ2v) is 15.6. The van der Waals surface area contributed by atoms with E-state index >= 15 is 0 Å². The second kappa shape index (κ2) is 13.0. The summed E-state index contributed by atoms with van der Waals surface area (Å²) < 4.78 is 4.72. The third kappa shape index (κ3) is 5.29. The second-order valence-electron chi connectivity index (χ2n) is 14.5. The number of aromatic nitrogens is 6. The number of pyridine rings is 2. The Kier molecular flexibility index (Phi) is 7.30. The summed E-state index contributed by atoms with van der Waals surface area (Å²) in [4.78, 5) is 24.9. The van der Waals surface area contributed by atoms with Crippen LogP contribution in [-0.4, -0.2) is 29.3 Å². The van der Waals surface area contributed by atoms with Gasteiger partial charge in [0.1, 0.15) is 5.65 Å². The summed E-state index contributed by atoms with van der Waals surface area (Å²) in [6.45, 7) is 0. The van der Waals surface area contributed by atoms with Crippen LogP contribution in [0.3, 0.4) is 0 Å². The van der Waals surface area contributed by atoms with E-state index in [1.54, 1.807) is 0 Å². The van der Waals surface area contributed by atoms with Crippen LogP contribution in [-0.2, 0) is 0 Å². The highest BCUT2D eigenvalue weighted by molar-refractivity contribution is 7.25. The number of hydrogen-bond donors (Lipinski definition) is 0. The molecule has 7 heteroatoms. The minimum absolute atomic E-state index is 0.632. The summed E-state index contributed by atoms with van der Waals surface area (Å²) in [6.07, 6.45) is 3.94. The van der Waals surface area contributed by atoms with Crippen LogP contribution in [0.15, 0.2) is 182 Å². The van der Waals surface area contributed by atoms with Crippen molar-refractivity contribution in [2.45, 2.75) is 0 Å². The van der Waals surface area contributed by atoms with E-state index in [4.69, 9.17) is 19.9 Å². The Morgan fingerprint density at radius 1 is 0.379 bits per heavy atom. The van der Waals surface area contributed by atoms with Crippen molar-refractivity contribution in [3.63, 3.8) is 0 Å². The predicted molar refractivity (Wildman–Crippen MR) is 239 cm³/mol. The lowest BCUT2D eigenvalue weighted by atomic mass is 9.94. The predicted octanol–water partition coefficient (Wildman–Crippen LogP) is 13.1. The smallest absolute Gasteiger partial charge is 0.164 e. The van der Waals surface area contributed by atoms with Crippen molar-refractivity contribution in [1.82, 2.24) is 29.3 Å². The van der Waals surface area contributed by atoms with Gasteiger partial charge in [0.2, 0.25) is 0 Å². The van der Waals surface area contributed by atoms with Crippen molar-refractivity contribution in [1.29, 1.82) is 0 Å². The fraction of sp³-hybridized carbons (Fsp3) is 0. The first-order valence-electron chi connectivity index (χ1n) is 19.2. The topological polar surface area (TPSA) is 68.9 Å². The van der Waals surface area contributed by atoms with Gasteiger partial charge in [-0.2, -0.15) is 0 Å². The Bertz CT molecular complexity index is 3560. The molecule has 270 valence electrons. The molecule has 58 heavy (non-hydrogen) atoms. The van der Waals surface area contributed by atoms with E-state index in [2.05, 4.69) is 137 Å².